The van der Waals surface area contributed by atoms with E-state index >= 15 is 0 Å². The van der Waals surface area contributed by atoms with Crippen molar-refractivity contribution in [2.75, 3.05) is 19.6 Å². The lowest BCUT2D eigenvalue weighted by molar-refractivity contribution is 0.0947. The zero-order valence-electron chi connectivity index (χ0n) is 9.71. The number of hydrogen-bond donors (Lipinski definition) is 2. The quantitative estimate of drug-likeness (QED) is 0.883. The lowest BCUT2D eigenvalue weighted by Gasteiger charge is -2.10. The highest BCUT2D eigenvalue weighted by molar-refractivity contribution is 5.94. The van der Waals surface area contributed by atoms with Crippen molar-refractivity contribution in [3.05, 3.63) is 35.4 Å². The molecule has 0 aromatic heterocycles. The topological polar surface area (TPSA) is 41.1 Å². The van der Waals surface area contributed by atoms with Gasteiger partial charge in [0.2, 0.25) is 0 Å². The summed E-state index contributed by atoms with van der Waals surface area (Å²) in [6.45, 7) is 2.41. The van der Waals surface area contributed by atoms with Crippen molar-refractivity contribution in [1.82, 2.24) is 10.6 Å². The van der Waals surface area contributed by atoms with Gasteiger partial charge in [-0.05, 0) is 43.6 Å². The fourth-order valence-electron chi connectivity index (χ4n) is 1.87. The summed E-state index contributed by atoms with van der Waals surface area (Å²) < 4.78 is 25.6. The van der Waals surface area contributed by atoms with E-state index in [9.17, 15) is 13.6 Å². The molecule has 1 saturated heterocycles. The fourth-order valence-corrected chi connectivity index (χ4v) is 1.87. The van der Waals surface area contributed by atoms with Crippen LogP contribution in [0, 0.1) is 17.6 Å². The first kappa shape index (κ1) is 14.9. The van der Waals surface area contributed by atoms with Crippen LogP contribution < -0.4 is 10.6 Å². The number of hydrogen-bond acceptors (Lipinski definition) is 2. The average Bonchev–Trinajstić information content (AvgIpc) is 2.82. The van der Waals surface area contributed by atoms with E-state index in [4.69, 9.17) is 0 Å². The monoisotopic (exact) mass is 276 g/mol. The number of benzene rings is 1. The molecular formula is C12H15ClF2N2O. The third-order valence-corrected chi connectivity index (χ3v) is 2.90. The average molecular weight is 277 g/mol. The molecule has 1 fully saturated rings. The van der Waals surface area contributed by atoms with Crippen LogP contribution in [0.2, 0.25) is 0 Å². The second kappa shape index (κ2) is 6.66. The van der Waals surface area contributed by atoms with Crippen molar-refractivity contribution in [3.63, 3.8) is 0 Å². The van der Waals surface area contributed by atoms with Gasteiger partial charge in [0.25, 0.3) is 5.91 Å². The molecule has 1 atom stereocenters. The molecule has 1 amide bonds. The van der Waals surface area contributed by atoms with Crippen molar-refractivity contribution < 1.29 is 13.6 Å². The third-order valence-electron chi connectivity index (χ3n) is 2.90. The molecule has 18 heavy (non-hydrogen) atoms. The SMILES string of the molecule is Cl.O=C(NCC1CCNC1)c1ccc(F)c(F)c1. The minimum atomic E-state index is -1.000. The smallest absolute Gasteiger partial charge is 0.251 e. The zero-order chi connectivity index (χ0) is 12.3. The van der Waals surface area contributed by atoms with Crippen LogP contribution in [0.1, 0.15) is 16.8 Å². The van der Waals surface area contributed by atoms with Crippen LogP contribution in [-0.4, -0.2) is 25.5 Å². The number of amides is 1. The van der Waals surface area contributed by atoms with Gasteiger partial charge in [0.1, 0.15) is 0 Å². The van der Waals surface area contributed by atoms with Gasteiger partial charge in [-0.1, -0.05) is 0 Å². The second-order valence-corrected chi connectivity index (χ2v) is 4.20. The number of halogens is 3. The Morgan fingerprint density at radius 3 is 2.78 bits per heavy atom. The molecule has 0 radical (unpaired) electrons. The van der Waals surface area contributed by atoms with Crippen molar-refractivity contribution >= 4 is 18.3 Å². The standard InChI is InChI=1S/C12H14F2N2O.ClH/c13-10-2-1-9(5-11(10)14)12(17)16-7-8-3-4-15-6-8;/h1-2,5,8,15H,3-4,6-7H2,(H,16,17);1H. The van der Waals surface area contributed by atoms with Crippen LogP contribution >= 0.6 is 12.4 Å². The summed E-state index contributed by atoms with van der Waals surface area (Å²) in [6, 6.07) is 3.15. The minimum absolute atomic E-state index is 0. The van der Waals surface area contributed by atoms with E-state index < -0.39 is 11.6 Å². The molecule has 2 rings (SSSR count). The lowest BCUT2D eigenvalue weighted by atomic mass is 10.1. The van der Waals surface area contributed by atoms with Crippen LogP contribution in [0.5, 0.6) is 0 Å². The van der Waals surface area contributed by atoms with E-state index in [1.807, 2.05) is 0 Å². The van der Waals surface area contributed by atoms with Crippen LogP contribution in [-0.2, 0) is 0 Å². The Balaban J connectivity index is 0.00000162. The van der Waals surface area contributed by atoms with Gasteiger partial charge in [-0.2, -0.15) is 0 Å². The summed E-state index contributed by atoms with van der Waals surface area (Å²) in [6.07, 6.45) is 1.03. The Kier molecular flexibility index (Phi) is 5.50. The molecule has 6 heteroatoms. The first-order valence-corrected chi connectivity index (χ1v) is 5.61. The third kappa shape index (κ3) is 3.65. The van der Waals surface area contributed by atoms with E-state index in [1.54, 1.807) is 0 Å². The summed E-state index contributed by atoms with van der Waals surface area (Å²) >= 11 is 0. The van der Waals surface area contributed by atoms with E-state index in [0.29, 0.717) is 12.5 Å². The van der Waals surface area contributed by atoms with Gasteiger partial charge in [0.15, 0.2) is 11.6 Å². The summed E-state index contributed by atoms with van der Waals surface area (Å²) in [5, 5.41) is 5.91. The molecule has 1 aromatic rings. The summed E-state index contributed by atoms with van der Waals surface area (Å²) in [4.78, 5) is 11.6. The molecule has 3 nitrogen and oxygen atoms in total. The molecule has 100 valence electrons. The Hall–Kier alpha value is -1.20. The normalized spacial score (nSPS) is 18.2. The molecule has 0 aliphatic carbocycles. The van der Waals surface area contributed by atoms with Crippen molar-refractivity contribution in [3.8, 4) is 0 Å². The van der Waals surface area contributed by atoms with Crippen LogP contribution in [0.15, 0.2) is 18.2 Å². The first-order chi connectivity index (χ1) is 8.16. The van der Waals surface area contributed by atoms with E-state index in [1.165, 1.54) is 6.07 Å². The Morgan fingerprint density at radius 1 is 1.39 bits per heavy atom. The molecule has 1 aliphatic heterocycles. The summed E-state index contributed by atoms with van der Waals surface area (Å²) in [5.74, 6) is -1.89. The van der Waals surface area contributed by atoms with Gasteiger partial charge in [0, 0.05) is 12.1 Å². The highest BCUT2D eigenvalue weighted by atomic mass is 35.5. The first-order valence-electron chi connectivity index (χ1n) is 5.61. The van der Waals surface area contributed by atoms with Crippen LogP contribution in [0.25, 0.3) is 0 Å². The molecule has 1 aromatic carbocycles. The number of rotatable bonds is 3. The largest absolute Gasteiger partial charge is 0.352 e. The lowest BCUT2D eigenvalue weighted by Crippen LogP contribution is -2.30. The maximum atomic E-state index is 12.9. The molecule has 0 saturated carbocycles. The van der Waals surface area contributed by atoms with Crippen LogP contribution in [0.3, 0.4) is 0 Å². The summed E-state index contributed by atoms with van der Waals surface area (Å²) in [7, 11) is 0. The van der Waals surface area contributed by atoms with Crippen molar-refractivity contribution in [1.29, 1.82) is 0 Å². The summed E-state index contributed by atoms with van der Waals surface area (Å²) in [5.41, 5.74) is 0.148. The molecule has 2 N–H and O–H groups in total. The van der Waals surface area contributed by atoms with Gasteiger partial charge in [-0.15, -0.1) is 12.4 Å². The van der Waals surface area contributed by atoms with Gasteiger partial charge in [-0.25, -0.2) is 8.78 Å². The van der Waals surface area contributed by atoms with Gasteiger partial charge < -0.3 is 10.6 Å². The minimum Gasteiger partial charge on any atom is -0.352 e. The Labute approximate surface area is 110 Å². The highest BCUT2D eigenvalue weighted by Crippen LogP contribution is 2.09. The Bertz CT molecular complexity index is 423. The van der Waals surface area contributed by atoms with E-state index in [-0.39, 0.29) is 23.9 Å². The number of nitrogens with one attached hydrogen (secondary N) is 2. The van der Waals surface area contributed by atoms with Gasteiger partial charge in [0.05, 0.1) is 0 Å². The second-order valence-electron chi connectivity index (χ2n) is 4.20. The van der Waals surface area contributed by atoms with Crippen molar-refractivity contribution in [2.45, 2.75) is 6.42 Å². The predicted molar refractivity (Wildman–Crippen MR) is 66.9 cm³/mol. The maximum Gasteiger partial charge on any atom is 0.251 e. The highest BCUT2D eigenvalue weighted by Gasteiger charge is 2.16. The zero-order valence-corrected chi connectivity index (χ0v) is 10.5. The van der Waals surface area contributed by atoms with Crippen LogP contribution in [0.4, 0.5) is 8.78 Å². The van der Waals surface area contributed by atoms with E-state index in [2.05, 4.69) is 10.6 Å². The predicted octanol–water partition coefficient (Wildman–Crippen LogP) is 1.73. The molecule has 1 unspecified atom stereocenters. The maximum absolute atomic E-state index is 12.9. The molecular weight excluding hydrogens is 262 g/mol. The van der Waals surface area contributed by atoms with Gasteiger partial charge in [-0.3, -0.25) is 4.79 Å². The number of carbonyl (C=O) groups is 1. The fraction of sp³-hybridized carbons (Fsp3) is 0.417. The Morgan fingerprint density at radius 2 is 2.17 bits per heavy atom. The van der Waals surface area contributed by atoms with E-state index in [0.717, 1.165) is 31.6 Å². The number of carbonyl (C=O) groups excluding carboxylic acids is 1. The molecule has 1 aliphatic rings. The molecule has 1 heterocycles. The van der Waals surface area contributed by atoms with Gasteiger partial charge >= 0.3 is 0 Å². The van der Waals surface area contributed by atoms with Crippen molar-refractivity contribution in [2.24, 2.45) is 5.92 Å². The molecule has 0 bridgehead atoms. The molecule has 0 spiro atoms.